The molecule has 0 aliphatic heterocycles. The van der Waals surface area contributed by atoms with E-state index in [0.717, 1.165) is 0 Å². The van der Waals surface area contributed by atoms with Crippen LogP contribution in [0.25, 0.3) is 0 Å². The molecule has 6 nitrogen and oxygen atoms in total. The summed E-state index contributed by atoms with van der Waals surface area (Å²) in [6.07, 6.45) is -0.799. The maximum absolute atomic E-state index is 12.3. The Hall–Kier alpha value is -2.41. The molecule has 0 saturated heterocycles. The standard InChI is InChI=1S/C19H19Cl2N3O3/c1-12(10-17(25)22-16-9-8-14(20)11-15(16)21)23-24-19(26)18(27-2)13-6-4-3-5-7-13/h3-9,11,18H,10H2,1-2H3,(H,22,25)(H,24,26)/b23-12-/t18-/m0/s1. The van der Waals surface area contributed by atoms with Gasteiger partial charge in [0.25, 0.3) is 5.91 Å². The molecule has 27 heavy (non-hydrogen) atoms. The van der Waals surface area contributed by atoms with Crippen LogP contribution >= 0.6 is 23.2 Å². The number of benzene rings is 2. The molecule has 1 atom stereocenters. The first-order valence-electron chi connectivity index (χ1n) is 8.06. The number of carbonyl (C=O) groups is 2. The molecule has 2 rings (SSSR count). The van der Waals surface area contributed by atoms with Crippen molar-refractivity contribution in [2.24, 2.45) is 5.10 Å². The summed E-state index contributed by atoms with van der Waals surface area (Å²) in [5.74, 6) is -0.745. The number of rotatable bonds is 7. The van der Waals surface area contributed by atoms with Crippen LogP contribution in [0.2, 0.25) is 10.0 Å². The van der Waals surface area contributed by atoms with Crippen molar-refractivity contribution in [3.63, 3.8) is 0 Å². The van der Waals surface area contributed by atoms with E-state index in [1.807, 2.05) is 18.2 Å². The molecule has 0 spiro atoms. The van der Waals surface area contributed by atoms with Crippen LogP contribution < -0.4 is 10.7 Å². The van der Waals surface area contributed by atoms with Gasteiger partial charge in [0.05, 0.1) is 17.1 Å². The molecule has 142 valence electrons. The van der Waals surface area contributed by atoms with Gasteiger partial charge < -0.3 is 10.1 Å². The maximum atomic E-state index is 12.3. The van der Waals surface area contributed by atoms with Gasteiger partial charge >= 0.3 is 0 Å². The number of nitrogens with one attached hydrogen (secondary N) is 2. The Labute approximate surface area is 167 Å². The average molecular weight is 408 g/mol. The van der Waals surface area contributed by atoms with Crippen molar-refractivity contribution >= 4 is 46.4 Å². The predicted molar refractivity (Wildman–Crippen MR) is 107 cm³/mol. The zero-order valence-electron chi connectivity index (χ0n) is 14.8. The number of halogens is 2. The van der Waals surface area contributed by atoms with E-state index in [2.05, 4.69) is 15.8 Å². The molecular weight excluding hydrogens is 389 g/mol. The highest BCUT2D eigenvalue weighted by Crippen LogP contribution is 2.25. The minimum absolute atomic E-state index is 0.0117. The highest BCUT2D eigenvalue weighted by Gasteiger charge is 2.19. The Morgan fingerprint density at radius 2 is 1.85 bits per heavy atom. The second-order valence-corrected chi connectivity index (χ2v) is 6.54. The van der Waals surface area contributed by atoms with E-state index in [-0.39, 0.29) is 12.3 Å². The first kappa shape index (κ1) is 20.9. The second-order valence-electron chi connectivity index (χ2n) is 5.70. The third-order valence-electron chi connectivity index (χ3n) is 3.55. The van der Waals surface area contributed by atoms with E-state index in [0.29, 0.717) is 27.0 Å². The number of hydrogen-bond acceptors (Lipinski definition) is 4. The summed E-state index contributed by atoms with van der Waals surface area (Å²) < 4.78 is 5.23. The fraction of sp³-hybridized carbons (Fsp3) is 0.211. The fourth-order valence-corrected chi connectivity index (χ4v) is 2.74. The minimum Gasteiger partial charge on any atom is -0.367 e. The monoisotopic (exact) mass is 407 g/mol. The van der Waals surface area contributed by atoms with Crippen LogP contribution in [0.3, 0.4) is 0 Å². The Bertz CT molecular complexity index is 841. The summed E-state index contributed by atoms with van der Waals surface area (Å²) in [6, 6.07) is 13.8. The van der Waals surface area contributed by atoms with Crippen molar-refractivity contribution in [2.45, 2.75) is 19.4 Å². The van der Waals surface area contributed by atoms with Gasteiger partial charge in [0.15, 0.2) is 6.10 Å². The minimum atomic E-state index is -0.788. The van der Waals surface area contributed by atoms with E-state index in [1.165, 1.54) is 13.2 Å². The number of hydrazone groups is 1. The summed E-state index contributed by atoms with van der Waals surface area (Å²) in [5, 5.41) is 7.44. The van der Waals surface area contributed by atoms with Crippen LogP contribution in [0.4, 0.5) is 5.69 Å². The van der Waals surface area contributed by atoms with Crippen LogP contribution in [-0.4, -0.2) is 24.6 Å². The fourth-order valence-electron chi connectivity index (χ4n) is 2.29. The zero-order valence-corrected chi connectivity index (χ0v) is 16.3. The number of nitrogens with zero attached hydrogens (tertiary/aromatic N) is 1. The van der Waals surface area contributed by atoms with Gasteiger partial charge in [-0.15, -0.1) is 0 Å². The lowest BCUT2D eigenvalue weighted by Crippen LogP contribution is -2.28. The van der Waals surface area contributed by atoms with Gasteiger partial charge in [-0.05, 0) is 30.7 Å². The van der Waals surface area contributed by atoms with Gasteiger partial charge in [0.2, 0.25) is 5.91 Å². The number of hydrogen-bond donors (Lipinski definition) is 2. The summed E-state index contributed by atoms with van der Waals surface area (Å²) >= 11 is 11.8. The molecule has 2 amide bonds. The Balaban J connectivity index is 1.92. The van der Waals surface area contributed by atoms with Crippen molar-refractivity contribution in [3.05, 3.63) is 64.1 Å². The lowest BCUT2D eigenvalue weighted by atomic mass is 10.1. The lowest BCUT2D eigenvalue weighted by Gasteiger charge is -2.14. The van der Waals surface area contributed by atoms with Gasteiger partial charge in [0, 0.05) is 17.8 Å². The summed E-state index contributed by atoms with van der Waals surface area (Å²) in [4.78, 5) is 24.4. The van der Waals surface area contributed by atoms with Crippen LogP contribution in [0, 0.1) is 0 Å². The molecule has 0 aromatic heterocycles. The van der Waals surface area contributed by atoms with Gasteiger partial charge in [-0.25, -0.2) is 5.43 Å². The van der Waals surface area contributed by atoms with Crippen molar-refractivity contribution in [1.82, 2.24) is 5.43 Å². The van der Waals surface area contributed by atoms with Crippen molar-refractivity contribution < 1.29 is 14.3 Å². The van der Waals surface area contributed by atoms with E-state index in [4.69, 9.17) is 27.9 Å². The number of carbonyl (C=O) groups excluding carboxylic acids is 2. The largest absolute Gasteiger partial charge is 0.367 e. The number of methoxy groups -OCH3 is 1. The van der Waals surface area contributed by atoms with E-state index in [9.17, 15) is 9.59 Å². The quantitative estimate of drug-likeness (QED) is 0.532. The molecule has 0 aliphatic rings. The zero-order chi connectivity index (χ0) is 19.8. The first-order valence-corrected chi connectivity index (χ1v) is 8.82. The third kappa shape index (κ3) is 6.36. The van der Waals surface area contributed by atoms with Gasteiger partial charge in [-0.2, -0.15) is 5.10 Å². The van der Waals surface area contributed by atoms with Crippen molar-refractivity contribution in [1.29, 1.82) is 0 Å². The number of ether oxygens (including phenoxy) is 1. The maximum Gasteiger partial charge on any atom is 0.273 e. The number of anilines is 1. The molecule has 0 fully saturated rings. The van der Waals surface area contributed by atoms with Crippen LogP contribution in [0.1, 0.15) is 25.0 Å². The molecular formula is C19H19Cl2N3O3. The second kappa shape index (κ2) is 10.1. The highest BCUT2D eigenvalue weighted by atomic mass is 35.5. The molecule has 0 heterocycles. The first-order chi connectivity index (χ1) is 12.9. The van der Waals surface area contributed by atoms with Crippen LogP contribution in [0.5, 0.6) is 0 Å². The number of amides is 2. The topological polar surface area (TPSA) is 79.8 Å². The smallest absolute Gasteiger partial charge is 0.273 e. The molecule has 2 aromatic carbocycles. The van der Waals surface area contributed by atoms with Crippen LogP contribution in [0.15, 0.2) is 53.6 Å². The molecule has 0 aliphatic carbocycles. The molecule has 0 saturated carbocycles. The SMILES string of the molecule is CO[C@H](C(=O)N/N=C(/C)CC(=O)Nc1ccc(Cl)cc1Cl)c1ccccc1. The summed E-state index contributed by atoms with van der Waals surface area (Å²) in [6.45, 7) is 1.63. The lowest BCUT2D eigenvalue weighted by molar-refractivity contribution is -0.131. The molecule has 0 bridgehead atoms. The van der Waals surface area contributed by atoms with E-state index >= 15 is 0 Å². The van der Waals surface area contributed by atoms with Crippen LogP contribution in [-0.2, 0) is 14.3 Å². The molecule has 8 heteroatoms. The van der Waals surface area contributed by atoms with Crippen molar-refractivity contribution in [2.75, 3.05) is 12.4 Å². The van der Waals surface area contributed by atoms with Crippen molar-refractivity contribution in [3.8, 4) is 0 Å². The Morgan fingerprint density at radius 1 is 1.15 bits per heavy atom. The molecule has 2 N–H and O–H groups in total. The predicted octanol–water partition coefficient (Wildman–Crippen LogP) is 4.20. The normalized spacial score (nSPS) is 12.4. The highest BCUT2D eigenvalue weighted by molar-refractivity contribution is 6.36. The Morgan fingerprint density at radius 3 is 2.48 bits per heavy atom. The van der Waals surface area contributed by atoms with Gasteiger partial charge in [-0.1, -0.05) is 53.5 Å². The third-order valence-corrected chi connectivity index (χ3v) is 4.10. The Kier molecular flexibility index (Phi) is 7.79. The summed E-state index contributed by atoms with van der Waals surface area (Å²) in [7, 11) is 1.44. The average Bonchev–Trinajstić information content (AvgIpc) is 2.64. The van der Waals surface area contributed by atoms with Gasteiger partial charge in [-0.3, -0.25) is 9.59 Å². The van der Waals surface area contributed by atoms with Gasteiger partial charge in [0.1, 0.15) is 0 Å². The molecule has 0 unspecified atom stereocenters. The van der Waals surface area contributed by atoms with E-state index in [1.54, 1.807) is 31.2 Å². The molecule has 2 aromatic rings. The van der Waals surface area contributed by atoms with E-state index < -0.39 is 12.0 Å². The summed E-state index contributed by atoms with van der Waals surface area (Å²) in [5.41, 5.74) is 4.00. The molecule has 0 radical (unpaired) electrons.